The van der Waals surface area contributed by atoms with Crippen LogP contribution in [-0.2, 0) is 0 Å². The molecule has 0 amide bonds. The van der Waals surface area contributed by atoms with E-state index in [4.69, 9.17) is 9.47 Å². The molecule has 2 aromatic rings. The molecule has 0 aliphatic heterocycles. The number of methoxy groups -OCH3 is 2. The van der Waals surface area contributed by atoms with Gasteiger partial charge in [0.1, 0.15) is 11.5 Å². The lowest BCUT2D eigenvalue weighted by Gasteiger charge is -2.20. The lowest BCUT2D eigenvalue weighted by Crippen LogP contribution is -1.95. The zero-order chi connectivity index (χ0) is 17.4. The average molecular weight is 363 g/mol. The molecule has 2 rings (SSSR count). The van der Waals surface area contributed by atoms with Crippen LogP contribution in [-0.4, -0.2) is 14.2 Å². The molecular weight excluding hydrogens is 336 g/mol. The van der Waals surface area contributed by atoms with Crippen LogP contribution in [0, 0.1) is 0 Å². The van der Waals surface area contributed by atoms with Crippen LogP contribution >= 0.6 is 21.6 Å². The molecule has 0 bridgehead atoms. The summed E-state index contributed by atoms with van der Waals surface area (Å²) < 4.78 is 10.5. The number of hydrogen-bond donors (Lipinski definition) is 0. The number of benzene rings is 2. The fraction of sp³-hybridized carbons (Fsp3) is 0.400. The summed E-state index contributed by atoms with van der Waals surface area (Å²) in [6.45, 7) is 4.49. The summed E-state index contributed by atoms with van der Waals surface area (Å²) in [6.07, 6.45) is 2.23. The predicted octanol–water partition coefficient (Wildman–Crippen LogP) is 6.69. The molecule has 2 atom stereocenters. The first-order chi connectivity index (χ1) is 11.7. The van der Waals surface area contributed by atoms with Crippen molar-refractivity contribution in [1.29, 1.82) is 0 Å². The minimum Gasteiger partial charge on any atom is -0.497 e. The normalized spacial score (nSPS) is 13.3. The molecule has 0 aliphatic carbocycles. The summed E-state index contributed by atoms with van der Waals surface area (Å²) in [5, 5.41) is 0.987. The van der Waals surface area contributed by atoms with E-state index in [1.807, 2.05) is 45.9 Å². The van der Waals surface area contributed by atoms with Crippen molar-refractivity contribution in [2.45, 2.75) is 37.2 Å². The SMILES string of the molecule is CC[C@H](SS[C@@H](CC)c1ccc(OC)cc1)c1ccc(OC)cc1. The molecule has 0 saturated heterocycles. The Morgan fingerprint density at radius 2 is 1.00 bits per heavy atom. The van der Waals surface area contributed by atoms with Gasteiger partial charge in [0, 0.05) is 10.5 Å². The van der Waals surface area contributed by atoms with Crippen LogP contribution in [0.1, 0.15) is 48.3 Å². The first kappa shape index (κ1) is 19.1. The Bertz CT molecular complexity index is 541. The number of hydrogen-bond acceptors (Lipinski definition) is 4. The monoisotopic (exact) mass is 362 g/mol. The lowest BCUT2D eigenvalue weighted by atomic mass is 10.1. The van der Waals surface area contributed by atoms with E-state index in [0.29, 0.717) is 10.5 Å². The summed E-state index contributed by atoms with van der Waals surface area (Å²) in [6, 6.07) is 16.9. The topological polar surface area (TPSA) is 18.5 Å². The third kappa shape index (κ3) is 5.12. The Balaban J connectivity index is 2.00. The van der Waals surface area contributed by atoms with Gasteiger partial charge in [-0.15, -0.1) is 0 Å². The van der Waals surface area contributed by atoms with Crippen LogP contribution in [0.2, 0.25) is 0 Å². The highest BCUT2D eigenvalue weighted by Gasteiger charge is 2.16. The van der Waals surface area contributed by atoms with Gasteiger partial charge in [0.2, 0.25) is 0 Å². The molecule has 2 aromatic carbocycles. The largest absolute Gasteiger partial charge is 0.497 e. The van der Waals surface area contributed by atoms with Gasteiger partial charge in [-0.05, 0) is 48.2 Å². The Hall–Kier alpha value is -1.26. The van der Waals surface area contributed by atoms with E-state index in [-0.39, 0.29) is 0 Å². The maximum Gasteiger partial charge on any atom is 0.118 e. The molecule has 130 valence electrons. The maximum atomic E-state index is 5.25. The van der Waals surface area contributed by atoms with E-state index in [1.54, 1.807) is 14.2 Å². The lowest BCUT2D eigenvalue weighted by molar-refractivity contribution is 0.414. The summed E-state index contributed by atoms with van der Waals surface area (Å²) in [5.41, 5.74) is 2.72. The van der Waals surface area contributed by atoms with Crippen molar-refractivity contribution >= 4 is 21.6 Å². The van der Waals surface area contributed by atoms with Crippen LogP contribution in [0.4, 0.5) is 0 Å². The average Bonchev–Trinajstić information content (AvgIpc) is 2.66. The molecule has 2 nitrogen and oxygen atoms in total. The van der Waals surface area contributed by atoms with Crippen LogP contribution in [0.15, 0.2) is 48.5 Å². The second kappa shape index (κ2) is 9.90. The Labute approximate surface area is 153 Å². The molecule has 0 saturated carbocycles. The summed E-state index contributed by atoms with van der Waals surface area (Å²) in [7, 11) is 7.35. The van der Waals surface area contributed by atoms with E-state index in [9.17, 15) is 0 Å². The molecule has 0 aliphatic rings. The third-order valence-corrected chi connectivity index (χ3v) is 7.52. The predicted molar refractivity (Wildman–Crippen MR) is 107 cm³/mol. The molecular formula is C20H26O2S2. The fourth-order valence-electron chi connectivity index (χ4n) is 2.49. The van der Waals surface area contributed by atoms with Crippen LogP contribution < -0.4 is 9.47 Å². The molecule has 0 aromatic heterocycles. The van der Waals surface area contributed by atoms with E-state index >= 15 is 0 Å². The minimum absolute atomic E-state index is 0.494. The highest BCUT2D eigenvalue weighted by molar-refractivity contribution is 8.76. The molecule has 0 fully saturated rings. The fourth-order valence-corrected chi connectivity index (χ4v) is 5.85. The third-order valence-electron chi connectivity index (χ3n) is 4.00. The van der Waals surface area contributed by atoms with Gasteiger partial charge >= 0.3 is 0 Å². The molecule has 0 spiro atoms. The van der Waals surface area contributed by atoms with E-state index < -0.39 is 0 Å². The second-order valence-electron chi connectivity index (χ2n) is 5.53. The first-order valence-electron chi connectivity index (χ1n) is 8.31. The first-order valence-corrected chi connectivity index (χ1v) is 10.6. The molecule has 0 heterocycles. The Morgan fingerprint density at radius 3 is 1.25 bits per heavy atom. The summed E-state index contributed by atoms with van der Waals surface area (Å²) in [4.78, 5) is 0. The van der Waals surface area contributed by atoms with E-state index in [1.165, 1.54) is 11.1 Å². The van der Waals surface area contributed by atoms with Gasteiger partial charge in [-0.3, -0.25) is 0 Å². The second-order valence-corrected chi connectivity index (χ2v) is 8.21. The van der Waals surface area contributed by atoms with Gasteiger partial charge in [-0.2, -0.15) is 0 Å². The molecule has 24 heavy (non-hydrogen) atoms. The van der Waals surface area contributed by atoms with Gasteiger partial charge in [0.15, 0.2) is 0 Å². The van der Waals surface area contributed by atoms with E-state index in [2.05, 4.69) is 38.1 Å². The van der Waals surface area contributed by atoms with Gasteiger partial charge < -0.3 is 9.47 Å². The van der Waals surface area contributed by atoms with Gasteiger partial charge in [0.05, 0.1) is 14.2 Å². The van der Waals surface area contributed by atoms with Crippen molar-refractivity contribution in [1.82, 2.24) is 0 Å². The van der Waals surface area contributed by atoms with Gasteiger partial charge in [0.25, 0.3) is 0 Å². The van der Waals surface area contributed by atoms with Crippen molar-refractivity contribution in [3.8, 4) is 11.5 Å². The molecule has 0 unspecified atom stereocenters. The van der Waals surface area contributed by atoms with Crippen molar-refractivity contribution in [2.75, 3.05) is 14.2 Å². The molecule has 0 radical (unpaired) electrons. The summed E-state index contributed by atoms with van der Waals surface area (Å²) >= 11 is 0. The molecule has 0 N–H and O–H groups in total. The zero-order valence-electron chi connectivity index (χ0n) is 14.8. The molecule has 4 heteroatoms. The van der Waals surface area contributed by atoms with Gasteiger partial charge in [-0.1, -0.05) is 59.7 Å². The van der Waals surface area contributed by atoms with Crippen molar-refractivity contribution in [2.24, 2.45) is 0 Å². The van der Waals surface area contributed by atoms with Crippen LogP contribution in [0.25, 0.3) is 0 Å². The Morgan fingerprint density at radius 1 is 0.667 bits per heavy atom. The standard InChI is InChI=1S/C20H26O2S2/c1-5-19(15-7-11-17(21-3)12-8-15)23-24-20(6-2)16-9-13-18(22-4)14-10-16/h7-14,19-20H,5-6H2,1-4H3/t19-,20-/m0/s1. The van der Waals surface area contributed by atoms with Crippen LogP contribution in [0.3, 0.4) is 0 Å². The van der Waals surface area contributed by atoms with Crippen molar-refractivity contribution in [3.05, 3.63) is 59.7 Å². The van der Waals surface area contributed by atoms with Crippen LogP contribution in [0.5, 0.6) is 11.5 Å². The zero-order valence-corrected chi connectivity index (χ0v) is 16.5. The quantitative estimate of drug-likeness (QED) is 0.462. The highest BCUT2D eigenvalue weighted by Crippen LogP contribution is 2.48. The minimum atomic E-state index is 0.494. The van der Waals surface area contributed by atoms with Crippen molar-refractivity contribution in [3.63, 3.8) is 0 Å². The summed E-state index contributed by atoms with van der Waals surface area (Å²) in [5.74, 6) is 1.83. The maximum absolute atomic E-state index is 5.25. The number of ether oxygens (including phenoxy) is 2. The Kier molecular flexibility index (Phi) is 7.86. The van der Waals surface area contributed by atoms with Gasteiger partial charge in [-0.25, -0.2) is 0 Å². The van der Waals surface area contributed by atoms with Crippen molar-refractivity contribution < 1.29 is 9.47 Å². The number of rotatable bonds is 9. The smallest absolute Gasteiger partial charge is 0.118 e. The van der Waals surface area contributed by atoms with E-state index in [0.717, 1.165) is 24.3 Å². The highest BCUT2D eigenvalue weighted by atomic mass is 33.1.